The molecule has 1 fully saturated rings. The molecule has 1 aliphatic carbocycles. The minimum Gasteiger partial charge on any atom is -0.454 e. The molecule has 0 bridgehead atoms. The zero-order valence-corrected chi connectivity index (χ0v) is 21.5. The Kier molecular flexibility index (Phi) is 7.48. The maximum absolute atomic E-state index is 12.8. The number of furan rings is 1. The van der Waals surface area contributed by atoms with Gasteiger partial charge in [-0.1, -0.05) is 40.5 Å². The Bertz CT molecular complexity index is 1100. The summed E-state index contributed by atoms with van der Waals surface area (Å²) in [4.78, 5) is 19.7. The second-order valence-electron chi connectivity index (χ2n) is 10.3. The molecule has 0 aromatic carbocycles. The summed E-state index contributed by atoms with van der Waals surface area (Å²) in [5, 5.41) is 2.84. The van der Waals surface area contributed by atoms with E-state index in [1.54, 1.807) is 13.0 Å². The molecule has 0 unspecified atom stereocenters. The van der Waals surface area contributed by atoms with E-state index >= 15 is 0 Å². The number of sulfone groups is 1. The Morgan fingerprint density at radius 2 is 1.97 bits per heavy atom. The smallest absolute Gasteiger partial charge is 0.287 e. The van der Waals surface area contributed by atoms with Crippen LogP contribution in [-0.4, -0.2) is 36.5 Å². The standard InChI is InChI=1S/C26H37N3O4S/c1-5-34(31,32)22-11-10-21(27-14-22)13-28-26(30)23-12-20-16-29(24(17(2)3)25(20)33-23)15-19-8-6-18(4)7-9-19/h10-12,14,17-19,24H,5-9,13,15-16H2,1-4H3,(H,28,30)/t18?,19?,24-/m1/s1. The quantitative estimate of drug-likeness (QED) is 0.578. The van der Waals surface area contributed by atoms with Crippen LogP contribution in [0.15, 0.2) is 33.7 Å². The van der Waals surface area contributed by atoms with E-state index in [4.69, 9.17) is 4.42 Å². The van der Waals surface area contributed by atoms with Crippen LogP contribution in [-0.2, 0) is 22.9 Å². The number of carbonyl (C=O) groups excluding carboxylic acids is 1. The van der Waals surface area contributed by atoms with Crippen molar-refractivity contribution in [3.05, 3.63) is 47.2 Å². The lowest BCUT2D eigenvalue weighted by molar-refractivity contribution is 0.0897. The predicted molar refractivity (Wildman–Crippen MR) is 131 cm³/mol. The van der Waals surface area contributed by atoms with Crippen molar-refractivity contribution in [3.8, 4) is 0 Å². The Balaban J connectivity index is 1.38. The average Bonchev–Trinajstić information content (AvgIpc) is 3.36. The number of nitrogens with one attached hydrogen (secondary N) is 1. The lowest BCUT2D eigenvalue weighted by Crippen LogP contribution is -2.32. The Morgan fingerprint density at radius 1 is 1.24 bits per heavy atom. The fourth-order valence-corrected chi connectivity index (χ4v) is 6.10. The fourth-order valence-electron chi connectivity index (χ4n) is 5.28. The maximum Gasteiger partial charge on any atom is 0.287 e. The van der Waals surface area contributed by atoms with Crippen molar-refractivity contribution in [1.29, 1.82) is 0 Å². The van der Waals surface area contributed by atoms with Crippen molar-refractivity contribution in [1.82, 2.24) is 15.2 Å². The molecule has 1 aliphatic heterocycles. The molecule has 1 atom stereocenters. The van der Waals surface area contributed by atoms with Gasteiger partial charge in [0.05, 0.1) is 28.9 Å². The lowest BCUT2D eigenvalue weighted by atomic mass is 9.82. The van der Waals surface area contributed by atoms with E-state index < -0.39 is 9.84 Å². The van der Waals surface area contributed by atoms with Crippen LogP contribution in [0.2, 0.25) is 0 Å². The summed E-state index contributed by atoms with van der Waals surface area (Å²) < 4.78 is 30.0. The number of carbonyl (C=O) groups is 1. The molecule has 3 heterocycles. The molecule has 4 rings (SSSR count). The second kappa shape index (κ2) is 10.2. The van der Waals surface area contributed by atoms with Gasteiger partial charge in [0.15, 0.2) is 15.6 Å². The van der Waals surface area contributed by atoms with Crippen LogP contribution in [0.25, 0.3) is 0 Å². The molecule has 186 valence electrons. The van der Waals surface area contributed by atoms with Crippen LogP contribution >= 0.6 is 0 Å². The molecule has 1 saturated carbocycles. The molecule has 34 heavy (non-hydrogen) atoms. The monoisotopic (exact) mass is 487 g/mol. The number of pyridine rings is 1. The lowest BCUT2D eigenvalue weighted by Gasteiger charge is -2.33. The van der Waals surface area contributed by atoms with E-state index in [-0.39, 0.29) is 29.1 Å². The van der Waals surface area contributed by atoms with E-state index in [0.29, 0.717) is 17.4 Å². The molecule has 0 saturated heterocycles. The summed E-state index contributed by atoms with van der Waals surface area (Å²) >= 11 is 0. The highest BCUT2D eigenvalue weighted by atomic mass is 32.2. The molecular weight excluding hydrogens is 450 g/mol. The number of aromatic nitrogens is 1. The summed E-state index contributed by atoms with van der Waals surface area (Å²) in [5.41, 5.74) is 1.70. The summed E-state index contributed by atoms with van der Waals surface area (Å²) in [6.45, 7) is 10.5. The SMILES string of the molecule is CCS(=O)(=O)c1ccc(CNC(=O)c2cc3c(o2)[C@@H](C(C)C)N(CC2CCC(C)CC2)C3)nc1. The highest BCUT2D eigenvalue weighted by molar-refractivity contribution is 7.91. The van der Waals surface area contributed by atoms with Crippen molar-refractivity contribution in [3.63, 3.8) is 0 Å². The van der Waals surface area contributed by atoms with Gasteiger partial charge in [-0.3, -0.25) is 14.7 Å². The molecule has 2 aromatic rings. The first-order valence-corrected chi connectivity index (χ1v) is 14.2. The van der Waals surface area contributed by atoms with Gasteiger partial charge in [0.25, 0.3) is 5.91 Å². The number of amides is 1. The zero-order valence-electron chi connectivity index (χ0n) is 20.7. The third-order valence-electron chi connectivity index (χ3n) is 7.33. The van der Waals surface area contributed by atoms with Crippen LogP contribution < -0.4 is 5.32 Å². The minimum absolute atomic E-state index is 0.0303. The van der Waals surface area contributed by atoms with Crippen LogP contribution in [0.5, 0.6) is 0 Å². The van der Waals surface area contributed by atoms with Crippen molar-refractivity contribution in [2.24, 2.45) is 17.8 Å². The Hall–Kier alpha value is -2.19. The van der Waals surface area contributed by atoms with Crippen LogP contribution in [0, 0.1) is 17.8 Å². The van der Waals surface area contributed by atoms with Crippen molar-refractivity contribution in [2.75, 3.05) is 12.3 Å². The largest absolute Gasteiger partial charge is 0.454 e. The minimum atomic E-state index is -3.29. The van der Waals surface area contributed by atoms with Gasteiger partial charge >= 0.3 is 0 Å². The molecule has 8 heteroatoms. The van der Waals surface area contributed by atoms with Gasteiger partial charge in [0, 0.05) is 24.8 Å². The van der Waals surface area contributed by atoms with Gasteiger partial charge < -0.3 is 9.73 Å². The van der Waals surface area contributed by atoms with Crippen molar-refractivity contribution in [2.45, 2.75) is 77.4 Å². The fraction of sp³-hybridized carbons (Fsp3) is 0.615. The molecule has 2 aliphatic rings. The molecule has 1 N–H and O–H groups in total. The molecular formula is C26H37N3O4S. The number of rotatable bonds is 8. The van der Waals surface area contributed by atoms with Gasteiger partial charge in [-0.25, -0.2) is 8.42 Å². The maximum atomic E-state index is 12.8. The normalized spacial score (nSPS) is 23.3. The molecule has 0 spiro atoms. The average molecular weight is 488 g/mol. The molecule has 0 radical (unpaired) electrons. The van der Waals surface area contributed by atoms with E-state index in [2.05, 4.69) is 36.0 Å². The highest BCUT2D eigenvalue weighted by Gasteiger charge is 2.38. The van der Waals surface area contributed by atoms with E-state index in [1.807, 2.05) is 6.07 Å². The topological polar surface area (TPSA) is 92.5 Å². The number of fused-ring (bicyclic) bond motifs is 1. The van der Waals surface area contributed by atoms with Crippen LogP contribution in [0.3, 0.4) is 0 Å². The number of nitrogens with zero attached hydrogens (tertiary/aromatic N) is 2. The van der Waals surface area contributed by atoms with Gasteiger partial charge in [-0.2, -0.15) is 0 Å². The van der Waals surface area contributed by atoms with Crippen LogP contribution in [0.4, 0.5) is 0 Å². The second-order valence-corrected chi connectivity index (χ2v) is 12.6. The van der Waals surface area contributed by atoms with Gasteiger partial charge in [-0.15, -0.1) is 0 Å². The molecule has 1 amide bonds. The first kappa shape index (κ1) is 24.9. The first-order valence-electron chi connectivity index (χ1n) is 12.5. The Morgan fingerprint density at radius 3 is 2.59 bits per heavy atom. The molecule has 7 nitrogen and oxygen atoms in total. The van der Waals surface area contributed by atoms with E-state index in [9.17, 15) is 13.2 Å². The summed E-state index contributed by atoms with van der Waals surface area (Å²) in [7, 11) is -3.29. The van der Waals surface area contributed by atoms with Gasteiger partial charge in [-0.05, 0) is 48.8 Å². The van der Waals surface area contributed by atoms with Gasteiger partial charge in [0.1, 0.15) is 5.76 Å². The first-order chi connectivity index (χ1) is 16.2. The van der Waals surface area contributed by atoms with Gasteiger partial charge in [0.2, 0.25) is 0 Å². The summed E-state index contributed by atoms with van der Waals surface area (Å²) in [6.07, 6.45) is 6.60. The van der Waals surface area contributed by atoms with Crippen LogP contribution in [0.1, 0.15) is 87.0 Å². The third kappa shape index (κ3) is 5.38. The zero-order chi connectivity index (χ0) is 24.5. The summed E-state index contributed by atoms with van der Waals surface area (Å²) in [6, 6.07) is 5.24. The Labute approximate surface area is 203 Å². The third-order valence-corrected chi connectivity index (χ3v) is 9.05. The molecule has 2 aromatic heterocycles. The van der Waals surface area contributed by atoms with Crippen molar-refractivity contribution < 1.29 is 17.6 Å². The van der Waals surface area contributed by atoms with E-state index in [0.717, 1.165) is 36.2 Å². The number of hydrogen-bond donors (Lipinski definition) is 1. The summed E-state index contributed by atoms with van der Waals surface area (Å²) in [5.74, 6) is 3.00. The predicted octanol–water partition coefficient (Wildman–Crippen LogP) is 4.74. The highest BCUT2D eigenvalue weighted by Crippen LogP contribution is 2.42. The number of hydrogen-bond acceptors (Lipinski definition) is 6. The van der Waals surface area contributed by atoms with Crippen molar-refractivity contribution >= 4 is 15.7 Å². The van der Waals surface area contributed by atoms with E-state index in [1.165, 1.54) is 37.9 Å².